The van der Waals surface area contributed by atoms with Crippen molar-refractivity contribution in [3.05, 3.63) is 21.3 Å². The predicted molar refractivity (Wildman–Crippen MR) is 60.1 cm³/mol. The van der Waals surface area contributed by atoms with Crippen molar-refractivity contribution in [2.75, 3.05) is 6.54 Å². The van der Waals surface area contributed by atoms with Crippen molar-refractivity contribution in [1.82, 2.24) is 5.32 Å². The van der Waals surface area contributed by atoms with Gasteiger partial charge in [0.25, 0.3) is 5.91 Å². The summed E-state index contributed by atoms with van der Waals surface area (Å²) >= 11 is 10.4. The highest BCUT2D eigenvalue weighted by atomic mass is 79.9. The van der Waals surface area contributed by atoms with Crippen LogP contribution in [0.15, 0.2) is 11.4 Å². The zero-order chi connectivity index (χ0) is 9.84. The minimum atomic E-state index is -0.0746. The van der Waals surface area contributed by atoms with Gasteiger partial charge in [0.2, 0.25) is 0 Å². The SMILES string of the molecule is CC(Br)CNC(=O)c1csc(Cl)c1. The number of rotatable bonds is 3. The molecule has 2 nitrogen and oxygen atoms in total. The van der Waals surface area contributed by atoms with E-state index >= 15 is 0 Å². The van der Waals surface area contributed by atoms with Gasteiger partial charge in [-0.05, 0) is 6.07 Å². The molecule has 72 valence electrons. The lowest BCUT2D eigenvalue weighted by atomic mass is 10.3. The van der Waals surface area contributed by atoms with Gasteiger partial charge in [0.1, 0.15) is 0 Å². The van der Waals surface area contributed by atoms with E-state index in [4.69, 9.17) is 11.6 Å². The molecular formula is C8H9BrClNOS. The molecule has 1 rings (SSSR count). The maximum absolute atomic E-state index is 11.4. The smallest absolute Gasteiger partial charge is 0.252 e. The molecule has 1 heterocycles. The molecule has 1 unspecified atom stereocenters. The quantitative estimate of drug-likeness (QED) is 0.849. The minimum Gasteiger partial charge on any atom is -0.351 e. The number of carbonyl (C=O) groups is 1. The summed E-state index contributed by atoms with van der Waals surface area (Å²) in [5.41, 5.74) is 0.628. The van der Waals surface area contributed by atoms with Crippen LogP contribution in [0.1, 0.15) is 17.3 Å². The van der Waals surface area contributed by atoms with Gasteiger partial charge in [-0.15, -0.1) is 11.3 Å². The van der Waals surface area contributed by atoms with E-state index < -0.39 is 0 Å². The lowest BCUT2D eigenvalue weighted by Crippen LogP contribution is -2.27. The fourth-order valence-corrected chi connectivity index (χ4v) is 1.79. The molecule has 1 aromatic heterocycles. The van der Waals surface area contributed by atoms with E-state index in [2.05, 4.69) is 21.2 Å². The van der Waals surface area contributed by atoms with Crippen LogP contribution in [0.2, 0.25) is 4.34 Å². The van der Waals surface area contributed by atoms with E-state index in [0.717, 1.165) is 0 Å². The van der Waals surface area contributed by atoms with Crippen LogP contribution in [0, 0.1) is 0 Å². The molecule has 5 heteroatoms. The fraction of sp³-hybridized carbons (Fsp3) is 0.375. The van der Waals surface area contributed by atoms with Crippen LogP contribution in [0.3, 0.4) is 0 Å². The average Bonchev–Trinajstić information content (AvgIpc) is 2.47. The predicted octanol–water partition coefficient (Wildman–Crippen LogP) is 2.91. The number of halogens is 2. The Morgan fingerprint density at radius 2 is 2.54 bits per heavy atom. The first-order chi connectivity index (χ1) is 6.09. The Morgan fingerprint density at radius 3 is 3.00 bits per heavy atom. The van der Waals surface area contributed by atoms with Crippen LogP contribution in [-0.4, -0.2) is 17.3 Å². The summed E-state index contributed by atoms with van der Waals surface area (Å²) in [6.07, 6.45) is 0. The third-order valence-electron chi connectivity index (χ3n) is 1.37. The van der Waals surface area contributed by atoms with Crippen LogP contribution < -0.4 is 5.32 Å². The van der Waals surface area contributed by atoms with Gasteiger partial charge in [0.05, 0.1) is 9.90 Å². The zero-order valence-corrected chi connectivity index (χ0v) is 10.2. The van der Waals surface area contributed by atoms with Crippen LogP contribution in [0.4, 0.5) is 0 Å². The molecule has 0 aliphatic rings. The highest BCUT2D eigenvalue weighted by molar-refractivity contribution is 9.09. The molecule has 0 spiro atoms. The highest BCUT2D eigenvalue weighted by Gasteiger charge is 2.07. The van der Waals surface area contributed by atoms with Gasteiger partial charge in [-0.3, -0.25) is 4.79 Å². The second-order valence-electron chi connectivity index (χ2n) is 2.63. The third kappa shape index (κ3) is 3.67. The van der Waals surface area contributed by atoms with Crippen molar-refractivity contribution < 1.29 is 4.79 Å². The van der Waals surface area contributed by atoms with Crippen molar-refractivity contribution in [1.29, 1.82) is 0 Å². The number of hydrogen-bond acceptors (Lipinski definition) is 2. The van der Waals surface area contributed by atoms with E-state index in [1.54, 1.807) is 11.4 Å². The Balaban J connectivity index is 2.49. The molecule has 1 atom stereocenters. The number of carbonyl (C=O) groups excluding carboxylic acids is 1. The summed E-state index contributed by atoms with van der Waals surface area (Å²) in [6.45, 7) is 2.59. The van der Waals surface area contributed by atoms with Crippen molar-refractivity contribution in [3.8, 4) is 0 Å². The highest BCUT2D eigenvalue weighted by Crippen LogP contribution is 2.19. The van der Waals surface area contributed by atoms with E-state index in [-0.39, 0.29) is 10.7 Å². The summed E-state index contributed by atoms with van der Waals surface area (Å²) in [5, 5.41) is 4.52. The molecule has 0 bridgehead atoms. The van der Waals surface area contributed by atoms with Crippen LogP contribution in [0.25, 0.3) is 0 Å². The van der Waals surface area contributed by atoms with Crippen molar-refractivity contribution in [2.45, 2.75) is 11.8 Å². The van der Waals surface area contributed by atoms with E-state index in [1.165, 1.54) is 11.3 Å². The van der Waals surface area contributed by atoms with Crippen molar-refractivity contribution in [3.63, 3.8) is 0 Å². The topological polar surface area (TPSA) is 29.1 Å². The molecule has 0 aliphatic carbocycles. The lowest BCUT2D eigenvalue weighted by molar-refractivity contribution is 0.0955. The first-order valence-corrected chi connectivity index (χ1v) is 5.93. The van der Waals surface area contributed by atoms with Crippen molar-refractivity contribution >= 4 is 44.8 Å². The monoisotopic (exact) mass is 281 g/mol. The summed E-state index contributed by atoms with van der Waals surface area (Å²) in [5.74, 6) is -0.0746. The summed E-state index contributed by atoms with van der Waals surface area (Å²) < 4.78 is 0.636. The lowest BCUT2D eigenvalue weighted by Gasteiger charge is -2.04. The summed E-state index contributed by atoms with van der Waals surface area (Å²) in [7, 11) is 0. The summed E-state index contributed by atoms with van der Waals surface area (Å²) in [4.78, 5) is 11.7. The number of alkyl halides is 1. The number of thiophene rings is 1. The first kappa shape index (κ1) is 11.0. The van der Waals surface area contributed by atoms with Crippen molar-refractivity contribution in [2.24, 2.45) is 0 Å². The molecule has 13 heavy (non-hydrogen) atoms. The number of hydrogen-bond donors (Lipinski definition) is 1. The van der Waals surface area contributed by atoms with E-state index in [9.17, 15) is 4.79 Å². The molecule has 0 aromatic carbocycles. The molecule has 0 aliphatic heterocycles. The van der Waals surface area contributed by atoms with Gasteiger partial charge in [-0.25, -0.2) is 0 Å². The minimum absolute atomic E-state index is 0.0746. The molecule has 1 aromatic rings. The van der Waals surface area contributed by atoms with E-state index in [0.29, 0.717) is 16.4 Å². The molecule has 0 radical (unpaired) electrons. The number of amides is 1. The largest absolute Gasteiger partial charge is 0.351 e. The van der Waals surface area contributed by atoms with Gasteiger partial charge >= 0.3 is 0 Å². The summed E-state index contributed by atoms with van der Waals surface area (Å²) in [6, 6.07) is 1.67. The van der Waals surface area contributed by atoms with Crippen LogP contribution in [-0.2, 0) is 0 Å². The Morgan fingerprint density at radius 1 is 1.85 bits per heavy atom. The van der Waals surface area contributed by atoms with E-state index in [1.807, 2.05) is 6.92 Å². The van der Waals surface area contributed by atoms with Gasteiger partial charge in [-0.2, -0.15) is 0 Å². The fourth-order valence-electron chi connectivity index (χ4n) is 0.765. The molecular weight excluding hydrogens is 274 g/mol. The standard InChI is InChI=1S/C8H9BrClNOS/c1-5(9)3-11-8(12)6-2-7(10)13-4-6/h2,4-5H,3H2,1H3,(H,11,12). The zero-order valence-electron chi connectivity index (χ0n) is 7.01. The average molecular weight is 283 g/mol. The van der Waals surface area contributed by atoms with Gasteiger partial charge in [0, 0.05) is 16.8 Å². The normalized spacial score (nSPS) is 12.5. The second-order valence-corrected chi connectivity index (χ2v) is 5.74. The Hall–Kier alpha value is -0.0600. The Kier molecular flexibility index (Phi) is 4.22. The van der Waals surface area contributed by atoms with Gasteiger partial charge in [0.15, 0.2) is 0 Å². The van der Waals surface area contributed by atoms with Gasteiger partial charge < -0.3 is 5.32 Å². The third-order valence-corrected chi connectivity index (χ3v) is 2.79. The molecule has 0 fully saturated rings. The van der Waals surface area contributed by atoms with Crippen LogP contribution in [0.5, 0.6) is 0 Å². The molecule has 0 saturated heterocycles. The molecule has 1 N–H and O–H groups in total. The van der Waals surface area contributed by atoms with Crippen LogP contribution >= 0.6 is 38.9 Å². The Labute approximate surface area is 94.4 Å². The molecule has 0 saturated carbocycles. The Bertz CT molecular complexity index is 300. The number of nitrogens with one attached hydrogen (secondary N) is 1. The maximum Gasteiger partial charge on any atom is 0.252 e. The maximum atomic E-state index is 11.4. The molecule has 1 amide bonds. The first-order valence-electron chi connectivity index (χ1n) is 3.76. The van der Waals surface area contributed by atoms with Gasteiger partial charge in [-0.1, -0.05) is 34.5 Å². The second kappa shape index (κ2) is 4.98.